The van der Waals surface area contributed by atoms with Crippen molar-refractivity contribution in [1.29, 1.82) is 0 Å². The monoisotopic (exact) mass is 457 g/mol. The van der Waals surface area contributed by atoms with Crippen LogP contribution < -0.4 is 0 Å². The van der Waals surface area contributed by atoms with Crippen molar-refractivity contribution in [3.8, 4) is 11.5 Å². The molecule has 0 spiro atoms. The Morgan fingerprint density at radius 3 is 2.71 bits per heavy atom. The molecular formula is C21H17BrClN3O2. The van der Waals surface area contributed by atoms with Gasteiger partial charge in [0.2, 0.25) is 17.7 Å². The summed E-state index contributed by atoms with van der Waals surface area (Å²) < 4.78 is 6.73. The SMILES string of the molecule is O=C(C=Cc1cccc(Br)c1)N(Cc1nnc(-c2ccc(Cl)cc2)o1)C1CC1. The summed E-state index contributed by atoms with van der Waals surface area (Å²) in [5, 5.41) is 8.84. The van der Waals surface area contributed by atoms with E-state index >= 15 is 0 Å². The van der Waals surface area contributed by atoms with Crippen molar-refractivity contribution in [2.75, 3.05) is 0 Å². The molecule has 5 nitrogen and oxygen atoms in total. The third kappa shape index (κ3) is 4.69. The molecule has 7 heteroatoms. The zero-order valence-electron chi connectivity index (χ0n) is 14.9. The summed E-state index contributed by atoms with van der Waals surface area (Å²) in [6.45, 7) is 0.299. The Morgan fingerprint density at radius 2 is 2.00 bits per heavy atom. The van der Waals surface area contributed by atoms with Crippen LogP contribution in [0.4, 0.5) is 0 Å². The molecule has 1 fully saturated rings. The average molecular weight is 459 g/mol. The Hall–Kier alpha value is -2.44. The fraction of sp³-hybridized carbons (Fsp3) is 0.190. The number of carbonyl (C=O) groups is 1. The largest absolute Gasteiger partial charge is 0.419 e. The number of amides is 1. The summed E-state index contributed by atoms with van der Waals surface area (Å²) >= 11 is 9.35. The van der Waals surface area contributed by atoms with Gasteiger partial charge in [-0.3, -0.25) is 4.79 Å². The maximum atomic E-state index is 12.7. The second-order valence-corrected chi connectivity index (χ2v) is 7.95. The number of halogens is 2. The molecule has 28 heavy (non-hydrogen) atoms. The van der Waals surface area contributed by atoms with Crippen molar-refractivity contribution in [2.45, 2.75) is 25.4 Å². The van der Waals surface area contributed by atoms with E-state index in [1.807, 2.05) is 42.5 Å². The first kappa shape index (κ1) is 18.9. The average Bonchev–Trinajstić information content (AvgIpc) is 3.43. The highest BCUT2D eigenvalue weighted by Gasteiger charge is 2.32. The van der Waals surface area contributed by atoms with Crippen LogP contribution in [0.2, 0.25) is 5.02 Å². The summed E-state index contributed by atoms with van der Waals surface area (Å²) in [4.78, 5) is 14.5. The minimum Gasteiger partial charge on any atom is -0.419 e. The Kier molecular flexibility index (Phi) is 5.59. The molecule has 142 valence electrons. The molecule has 0 bridgehead atoms. The van der Waals surface area contributed by atoms with Crippen LogP contribution in [-0.4, -0.2) is 27.0 Å². The lowest BCUT2D eigenvalue weighted by Crippen LogP contribution is -2.31. The van der Waals surface area contributed by atoms with Crippen molar-refractivity contribution in [3.05, 3.63) is 75.6 Å². The molecule has 1 aromatic heterocycles. The molecule has 1 amide bonds. The summed E-state index contributed by atoms with van der Waals surface area (Å²) in [5.74, 6) is 0.773. The summed E-state index contributed by atoms with van der Waals surface area (Å²) in [6.07, 6.45) is 5.40. The Labute approximate surface area is 176 Å². The van der Waals surface area contributed by atoms with Crippen LogP contribution in [0.25, 0.3) is 17.5 Å². The molecule has 1 saturated carbocycles. The van der Waals surface area contributed by atoms with Crippen molar-refractivity contribution >= 4 is 39.5 Å². The molecular weight excluding hydrogens is 442 g/mol. The highest BCUT2D eigenvalue weighted by molar-refractivity contribution is 9.10. The minimum atomic E-state index is -0.0614. The zero-order valence-corrected chi connectivity index (χ0v) is 17.2. The lowest BCUT2D eigenvalue weighted by atomic mass is 10.2. The third-order valence-electron chi connectivity index (χ3n) is 4.40. The summed E-state index contributed by atoms with van der Waals surface area (Å²) in [6, 6.07) is 15.2. The van der Waals surface area contributed by atoms with Crippen LogP contribution in [0.1, 0.15) is 24.3 Å². The van der Waals surface area contributed by atoms with Gasteiger partial charge in [-0.2, -0.15) is 0 Å². The van der Waals surface area contributed by atoms with E-state index in [0.717, 1.165) is 28.4 Å². The number of carbonyl (C=O) groups excluding carboxylic acids is 1. The lowest BCUT2D eigenvalue weighted by Gasteiger charge is -2.18. The fourth-order valence-corrected chi connectivity index (χ4v) is 3.36. The van der Waals surface area contributed by atoms with Crippen molar-refractivity contribution < 1.29 is 9.21 Å². The van der Waals surface area contributed by atoms with E-state index in [9.17, 15) is 4.79 Å². The van der Waals surface area contributed by atoms with Gasteiger partial charge in [-0.15, -0.1) is 10.2 Å². The smallest absolute Gasteiger partial charge is 0.247 e. The van der Waals surface area contributed by atoms with E-state index < -0.39 is 0 Å². The van der Waals surface area contributed by atoms with Gasteiger partial charge < -0.3 is 9.32 Å². The second-order valence-electron chi connectivity index (χ2n) is 6.59. The molecule has 3 aromatic rings. The topological polar surface area (TPSA) is 59.2 Å². The van der Waals surface area contributed by atoms with Gasteiger partial charge >= 0.3 is 0 Å². The van der Waals surface area contributed by atoms with E-state index in [4.69, 9.17) is 16.0 Å². The van der Waals surface area contributed by atoms with E-state index in [1.54, 1.807) is 23.1 Å². The summed E-state index contributed by atoms with van der Waals surface area (Å²) in [7, 11) is 0. The number of nitrogens with zero attached hydrogens (tertiary/aromatic N) is 3. The molecule has 0 aliphatic heterocycles. The van der Waals surface area contributed by atoms with Crippen LogP contribution in [0.15, 0.2) is 63.5 Å². The molecule has 0 unspecified atom stereocenters. The van der Waals surface area contributed by atoms with Gasteiger partial charge in [-0.05, 0) is 60.9 Å². The Balaban J connectivity index is 1.47. The molecule has 1 aliphatic carbocycles. The molecule has 2 aromatic carbocycles. The van der Waals surface area contributed by atoms with E-state index in [2.05, 4.69) is 26.1 Å². The van der Waals surface area contributed by atoms with Crippen LogP contribution in [0.3, 0.4) is 0 Å². The fourth-order valence-electron chi connectivity index (χ4n) is 2.82. The first-order valence-electron chi connectivity index (χ1n) is 8.91. The molecule has 0 N–H and O–H groups in total. The normalized spacial score (nSPS) is 13.8. The maximum absolute atomic E-state index is 12.7. The quantitative estimate of drug-likeness (QED) is 0.467. The van der Waals surface area contributed by atoms with Crippen LogP contribution in [0, 0.1) is 0 Å². The van der Waals surface area contributed by atoms with Crippen molar-refractivity contribution in [3.63, 3.8) is 0 Å². The van der Waals surface area contributed by atoms with Gasteiger partial charge in [-0.1, -0.05) is 39.7 Å². The van der Waals surface area contributed by atoms with Gasteiger partial charge in [0.1, 0.15) is 0 Å². The predicted octanol–water partition coefficient (Wildman–Crippen LogP) is 5.36. The Morgan fingerprint density at radius 1 is 1.21 bits per heavy atom. The molecule has 0 saturated heterocycles. The molecule has 0 atom stereocenters. The number of rotatable bonds is 6. The highest BCUT2D eigenvalue weighted by Crippen LogP contribution is 2.29. The first-order chi connectivity index (χ1) is 13.6. The van der Waals surface area contributed by atoms with Gasteiger partial charge in [-0.25, -0.2) is 0 Å². The van der Waals surface area contributed by atoms with Gasteiger partial charge in [0.15, 0.2) is 0 Å². The van der Waals surface area contributed by atoms with Crippen LogP contribution in [-0.2, 0) is 11.3 Å². The molecule has 0 radical (unpaired) electrons. The minimum absolute atomic E-state index is 0.0614. The van der Waals surface area contributed by atoms with Crippen molar-refractivity contribution in [1.82, 2.24) is 15.1 Å². The van der Waals surface area contributed by atoms with E-state index in [0.29, 0.717) is 23.3 Å². The number of benzene rings is 2. The maximum Gasteiger partial charge on any atom is 0.247 e. The predicted molar refractivity (Wildman–Crippen MR) is 111 cm³/mol. The number of hydrogen-bond donors (Lipinski definition) is 0. The lowest BCUT2D eigenvalue weighted by molar-refractivity contribution is -0.127. The molecule has 4 rings (SSSR count). The molecule has 1 heterocycles. The number of hydrogen-bond acceptors (Lipinski definition) is 4. The second kappa shape index (κ2) is 8.29. The summed E-state index contributed by atoms with van der Waals surface area (Å²) in [5.41, 5.74) is 1.75. The first-order valence-corrected chi connectivity index (χ1v) is 10.1. The standard InChI is InChI=1S/C21H17BrClN3O2/c22-16-3-1-2-14(12-16)4-11-20(27)26(18-9-10-18)13-19-24-25-21(28-19)15-5-7-17(23)8-6-15/h1-8,11-12,18H,9-10,13H2. The van der Waals surface area contributed by atoms with E-state index in [1.165, 1.54) is 0 Å². The van der Waals surface area contributed by atoms with Crippen LogP contribution >= 0.6 is 27.5 Å². The van der Waals surface area contributed by atoms with Gasteiger partial charge in [0.25, 0.3) is 0 Å². The number of aromatic nitrogens is 2. The zero-order chi connectivity index (χ0) is 19.5. The van der Waals surface area contributed by atoms with Crippen LogP contribution in [0.5, 0.6) is 0 Å². The molecule has 1 aliphatic rings. The van der Waals surface area contributed by atoms with Gasteiger partial charge in [0, 0.05) is 27.2 Å². The third-order valence-corrected chi connectivity index (χ3v) is 5.15. The van der Waals surface area contributed by atoms with E-state index in [-0.39, 0.29) is 11.9 Å². The highest BCUT2D eigenvalue weighted by atomic mass is 79.9. The van der Waals surface area contributed by atoms with Crippen molar-refractivity contribution in [2.24, 2.45) is 0 Å². The Bertz CT molecular complexity index is 1010. The van der Waals surface area contributed by atoms with Gasteiger partial charge in [0.05, 0.1) is 6.54 Å².